The van der Waals surface area contributed by atoms with Gasteiger partial charge in [-0.05, 0) is 41.5 Å². The van der Waals surface area contributed by atoms with E-state index in [4.69, 9.17) is 21.1 Å². The number of fused-ring (bicyclic) bond motifs is 5. The maximum absolute atomic E-state index is 14.8. The molecule has 208 valence electrons. The first-order valence-electron chi connectivity index (χ1n) is 13.7. The number of carbonyl (C=O) groups excluding carboxylic acids is 3. The summed E-state index contributed by atoms with van der Waals surface area (Å²) in [6, 6.07) is 25.2. The van der Waals surface area contributed by atoms with Crippen molar-refractivity contribution in [1.29, 1.82) is 0 Å². The Balaban J connectivity index is 1.57. The maximum Gasteiger partial charge on any atom is 0.187 e. The van der Waals surface area contributed by atoms with Crippen LogP contribution in [0.2, 0.25) is 5.02 Å². The summed E-state index contributed by atoms with van der Waals surface area (Å²) in [5.41, 5.74) is 1.73. The number of ketones is 3. The zero-order valence-electron chi connectivity index (χ0n) is 22.9. The van der Waals surface area contributed by atoms with Crippen LogP contribution in [-0.4, -0.2) is 43.7 Å². The number of methoxy groups -OCH3 is 2. The number of benzene rings is 4. The van der Waals surface area contributed by atoms with Gasteiger partial charge in [0.1, 0.15) is 11.5 Å². The van der Waals surface area contributed by atoms with E-state index < -0.39 is 23.4 Å². The molecule has 1 aliphatic carbocycles. The molecule has 0 N–H and O–H groups in total. The van der Waals surface area contributed by atoms with Gasteiger partial charge in [-0.3, -0.25) is 14.4 Å². The number of nitrogens with zero attached hydrogens (tertiary/aromatic N) is 1. The molecule has 4 aromatic rings. The molecule has 6 nitrogen and oxygen atoms in total. The minimum atomic E-state index is -1.62. The number of rotatable bonds is 5. The first-order chi connectivity index (χ1) is 20.4. The summed E-state index contributed by atoms with van der Waals surface area (Å²) in [5.74, 6) is -0.811. The molecule has 7 heteroatoms. The minimum absolute atomic E-state index is 0.274. The van der Waals surface area contributed by atoms with Crippen molar-refractivity contribution in [3.8, 4) is 11.5 Å². The number of hydrogen-bond donors (Lipinski definition) is 0. The van der Waals surface area contributed by atoms with Gasteiger partial charge in [0, 0.05) is 28.3 Å². The summed E-state index contributed by atoms with van der Waals surface area (Å²) in [6.07, 6.45) is 3.84. The lowest BCUT2D eigenvalue weighted by molar-refractivity contribution is 0.0665. The van der Waals surface area contributed by atoms with Gasteiger partial charge in [0.05, 0.1) is 25.3 Å². The average Bonchev–Trinajstić information content (AvgIpc) is 3.46. The molecule has 7 rings (SSSR count). The Morgan fingerprint density at radius 3 is 2.14 bits per heavy atom. The summed E-state index contributed by atoms with van der Waals surface area (Å²) in [6.45, 7) is 0. The van der Waals surface area contributed by atoms with E-state index in [1.807, 2.05) is 47.4 Å². The average molecular weight is 576 g/mol. The van der Waals surface area contributed by atoms with Crippen LogP contribution in [0, 0.1) is 5.41 Å². The zero-order chi connectivity index (χ0) is 29.2. The first kappa shape index (κ1) is 26.2. The molecule has 0 radical (unpaired) electrons. The Morgan fingerprint density at radius 2 is 1.45 bits per heavy atom. The van der Waals surface area contributed by atoms with Crippen molar-refractivity contribution in [2.75, 3.05) is 19.1 Å². The van der Waals surface area contributed by atoms with Gasteiger partial charge >= 0.3 is 0 Å². The molecular weight excluding hydrogens is 550 g/mol. The van der Waals surface area contributed by atoms with Crippen molar-refractivity contribution < 1.29 is 23.9 Å². The number of hydrogen-bond acceptors (Lipinski definition) is 6. The first-order valence-corrected chi connectivity index (χ1v) is 14.1. The van der Waals surface area contributed by atoms with Gasteiger partial charge in [-0.25, -0.2) is 0 Å². The molecule has 2 heterocycles. The Labute approximate surface area is 248 Å². The van der Waals surface area contributed by atoms with Crippen molar-refractivity contribution in [2.45, 2.75) is 18.0 Å². The fraction of sp³-hybridized carbons (Fsp3) is 0.171. The fourth-order valence-corrected chi connectivity index (χ4v) is 7.39. The number of ether oxygens (including phenoxy) is 2. The maximum atomic E-state index is 14.8. The third-order valence-electron chi connectivity index (χ3n) is 8.89. The van der Waals surface area contributed by atoms with Crippen LogP contribution in [0.1, 0.15) is 48.1 Å². The van der Waals surface area contributed by atoms with E-state index in [1.165, 1.54) is 7.11 Å². The predicted molar refractivity (Wildman–Crippen MR) is 161 cm³/mol. The summed E-state index contributed by atoms with van der Waals surface area (Å²) >= 11 is 6.61. The zero-order valence-corrected chi connectivity index (χ0v) is 23.7. The summed E-state index contributed by atoms with van der Waals surface area (Å²) in [7, 11) is 3.07. The predicted octanol–water partition coefficient (Wildman–Crippen LogP) is 6.67. The fourth-order valence-electron chi connectivity index (χ4n) is 7.16. The molecule has 0 aromatic heterocycles. The van der Waals surface area contributed by atoms with Crippen LogP contribution in [0.5, 0.6) is 11.5 Å². The van der Waals surface area contributed by atoms with E-state index in [0.29, 0.717) is 38.8 Å². The number of halogens is 1. The summed E-state index contributed by atoms with van der Waals surface area (Å²) in [4.78, 5) is 46.3. The molecule has 3 atom stereocenters. The van der Waals surface area contributed by atoms with E-state index in [2.05, 4.69) is 0 Å². The standard InChI is InChI=1S/C35H26ClNO5/c1-41-27-17-15-21(19-28(27)42-2)30-31(32(38)24-12-6-7-13-25(24)36)37-26-14-8-3-9-20(26)16-18-29(37)35(30)33(39)22-10-4-5-11-23(22)34(35)40/h3-19,29-31H,1-2H3/t29-,30+,31+/m1/s1. The highest BCUT2D eigenvalue weighted by molar-refractivity contribution is 6.35. The van der Waals surface area contributed by atoms with Crippen LogP contribution in [-0.2, 0) is 0 Å². The highest BCUT2D eigenvalue weighted by Gasteiger charge is 2.71. The third kappa shape index (κ3) is 3.42. The molecule has 42 heavy (non-hydrogen) atoms. The van der Waals surface area contributed by atoms with Crippen molar-refractivity contribution in [3.05, 3.63) is 130 Å². The number of Topliss-reactive ketones (excluding diaryl/α,β-unsaturated/α-hetero) is 3. The lowest BCUT2D eigenvalue weighted by Gasteiger charge is -2.37. The van der Waals surface area contributed by atoms with Gasteiger partial charge in [0.15, 0.2) is 28.8 Å². The number of para-hydroxylation sites is 1. The SMILES string of the molecule is COc1ccc([C@H]2[C@@H](C(=O)c3ccccc3Cl)N3c4ccccc4C=C[C@@H]3C23C(=O)c2ccccc2C3=O)cc1OC. The monoisotopic (exact) mass is 575 g/mol. The van der Waals surface area contributed by atoms with Crippen molar-refractivity contribution in [1.82, 2.24) is 0 Å². The molecule has 2 aliphatic heterocycles. The van der Waals surface area contributed by atoms with Crippen molar-refractivity contribution >= 4 is 40.7 Å². The Morgan fingerprint density at radius 1 is 0.810 bits per heavy atom. The van der Waals surface area contributed by atoms with Crippen LogP contribution in [0.3, 0.4) is 0 Å². The Kier molecular flexibility index (Phi) is 6.06. The minimum Gasteiger partial charge on any atom is -0.493 e. The second-order valence-corrected chi connectivity index (χ2v) is 11.1. The molecule has 0 saturated carbocycles. The summed E-state index contributed by atoms with van der Waals surface area (Å²) < 4.78 is 11.1. The number of anilines is 1. The third-order valence-corrected chi connectivity index (χ3v) is 9.22. The molecule has 0 unspecified atom stereocenters. The van der Waals surface area contributed by atoms with Gasteiger partial charge in [-0.1, -0.05) is 84.4 Å². The molecule has 1 fully saturated rings. The normalized spacial score (nSPS) is 21.2. The molecule has 1 spiro atoms. The molecule has 0 bridgehead atoms. The lowest BCUT2D eigenvalue weighted by Crippen LogP contribution is -2.48. The smallest absolute Gasteiger partial charge is 0.187 e. The Hall–Kier alpha value is -4.68. The molecular formula is C35H26ClNO5. The van der Waals surface area contributed by atoms with E-state index in [-0.39, 0.29) is 17.3 Å². The second kappa shape index (κ2) is 9.71. The second-order valence-electron chi connectivity index (χ2n) is 10.7. The molecule has 4 aromatic carbocycles. The highest BCUT2D eigenvalue weighted by Crippen LogP contribution is 2.61. The molecule has 0 amide bonds. The van der Waals surface area contributed by atoms with Crippen molar-refractivity contribution in [3.63, 3.8) is 0 Å². The lowest BCUT2D eigenvalue weighted by atomic mass is 9.64. The van der Waals surface area contributed by atoms with E-state index >= 15 is 0 Å². The number of carbonyl (C=O) groups is 3. The van der Waals surface area contributed by atoms with Crippen LogP contribution < -0.4 is 14.4 Å². The highest BCUT2D eigenvalue weighted by atomic mass is 35.5. The van der Waals surface area contributed by atoms with E-state index in [0.717, 1.165) is 11.3 Å². The van der Waals surface area contributed by atoms with Gasteiger partial charge in [-0.15, -0.1) is 0 Å². The van der Waals surface area contributed by atoms with Gasteiger partial charge in [-0.2, -0.15) is 0 Å². The Bertz CT molecular complexity index is 1790. The van der Waals surface area contributed by atoms with E-state index in [9.17, 15) is 14.4 Å². The van der Waals surface area contributed by atoms with Gasteiger partial charge < -0.3 is 14.4 Å². The van der Waals surface area contributed by atoms with E-state index in [1.54, 1.807) is 67.8 Å². The van der Waals surface area contributed by atoms with Crippen LogP contribution in [0.4, 0.5) is 5.69 Å². The quantitative estimate of drug-likeness (QED) is 0.195. The molecule has 1 saturated heterocycles. The van der Waals surface area contributed by atoms with Crippen LogP contribution in [0.15, 0.2) is 97.1 Å². The van der Waals surface area contributed by atoms with Gasteiger partial charge in [0.2, 0.25) is 0 Å². The van der Waals surface area contributed by atoms with Gasteiger partial charge in [0.25, 0.3) is 0 Å². The summed E-state index contributed by atoms with van der Waals surface area (Å²) in [5, 5.41) is 0.305. The van der Waals surface area contributed by atoms with Crippen LogP contribution in [0.25, 0.3) is 6.08 Å². The molecule has 3 aliphatic rings. The van der Waals surface area contributed by atoms with Crippen LogP contribution >= 0.6 is 11.6 Å². The largest absolute Gasteiger partial charge is 0.493 e. The topological polar surface area (TPSA) is 72.9 Å². The van der Waals surface area contributed by atoms with Crippen molar-refractivity contribution in [2.24, 2.45) is 5.41 Å².